The molecule has 0 aliphatic heterocycles. The third kappa shape index (κ3) is 3.44. The van der Waals surface area contributed by atoms with Crippen LogP contribution in [0.15, 0.2) is 146 Å². The van der Waals surface area contributed by atoms with Crippen molar-refractivity contribution in [1.82, 2.24) is 0 Å². The molecule has 0 bridgehead atoms. The van der Waals surface area contributed by atoms with Crippen LogP contribution in [0, 0.1) is 0 Å². The zero-order valence-electron chi connectivity index (χ0n) is 24.4. The van der Waals surface area contributed by atoms with Crippen molar-refractivity contribution in [1.29, 1.82) is 0 Å². The van der Waals surface area contributed by atoms with E-state index in [4.69, 9.17) is 0 Å². The van der Waals surface area contributed by atoms with Gasteiger partial charge in [-0.15, -0.1) is 0 Å². The first-order valence-corrected chi connectivity index (χ1v) is 15.2. The molecule has 9 rings (SSSR count). The predicted molar refractivity (Wildman–Crippen MR) is 185 cm³/mol. The van der Waals surface area contributed by atoms with Gasteiger partial charge in [-0.3, -0.25) is 0 Å². The molecule has 0 radical (unpaired) electrons. The monoisotopic (exact) mass is 546 g/mol. The summed E-state index contributed by atoms with van der Waals surface area (Å²) >= 11 is 0. The molecule has 0 nitrogen and oxygen atoms in total. The van der Waals surface area contributed by atoms with E-state index in [1.54, 1.807) is 0 Å². The molecule has 0 N–H and O–H groups in total. The fourth-order valence-corrected chi connectivity index (χ4v) is 7.76. The average molecular weight is 547 g/mol. The second-order valence-corrected chi connectivity index (χ2v) is 12.5. The van der Waals surface area contributed by atoms with Gasteiger partial charge >= 0.3 is 0 Å². The summed E-state index contributed by atoms with van der Waals surface area (Å²) in [5.41, 5.74) is 10.6. The van der Waals surface area contributed by atoms with Gasteiger partial charge in [0.1, 0.15) is 0 Å². The summed E-state index contributed by atoms with van der Waals surface area (Å²) in [5.74, 6) is 0. The smallest absolute Gasteiger partial charge is 0.0159 e. The van der Waals surface area contributed by atoms with Gasteiger partial charge in [-0.2, -0.15) is 0 Å². The van der Waals surface area contributed by atoms with E-state index in [1.165, 1.54) is 87.6 Å². The largest absolute Gasteiger partial charge is 0.0622 e. The number of fused-ring (bicyclic) bond motifs is 8. The van der Waals surface area contributed by atoms with E-state index in [1.807, 2.05) is 0 Å². The van der Waals surface area contributed by atoms with Crippen LogP contribution in [0.5, 0.6) is 0 Å². The number of benzene rings is 8. The maximum atomic E-state index is 2.46. The van der Waals surface area contributed by atoms with Crippen LogP contribution in [0.1, 0.15) is 25.0 Å². The lowest BCUT2D eigenvalue weighted by atomic mass is 9.81. The molecule has 0 aromatic heterocycles. The van der Waals surface area contributed by atoms with Crippen LogP contribution in [0.25, 0.3) is 76.5 Å². The first-order valence-electron chi connectivity index (χ1n) is 15.2. The van der Waals surface area contributed by atoms with Crippen molar-refractivity contribution in [3.8, 4) is 33.4 Å². The molecule has 1 aliphatic rings. The van der Waals surface area contributed by atoms with E-state index in [0.717, 1.165) is 0 Å². The molecule has 0 spiro atoms. The van der Waals surface area contributed by atoms with Crippen molar-refractivity contribution in [2.75, 3.05) is 0 Å². The highest BCUT2D eigenvalue weighted by molar-refractivity contribution is 6.21. The number of hydrogen-bond donors (Lipinski definition) is 0. The lowest BCUT2D eigenvalue weighted by molar-refractivity contribution is 0.661. The van der Waals surface area contributed by atoms with E-state index in [-0.39, 0.29) is 5.41 Å². The fraction of sp³-hybridized carbons (Fsp3) is 0.0698. The highest BCUT2D eigenvalue weighted by Crippen LogP contribution is 2.52. The molecule has 1 aliphatic carbocycles. The second-order valence-electron chi connectivity index (χ2n) is 12.5. The van der Waals surface area contributed by atoms with E-state index in [9.17, 15) is 0 Å². The van der Waals surface area contributed by atoms with Crippen molar-refractivity contribution in [3.05, 3.63) is 157 Å². The molecule has 0 heterocycles. The number of rotatable bonds is 2. The van der Waals surface area contributed by atoms with Gasteiger partial charge in [0, 0.05) is 5.41 Å². The average Bonchev–Trinajstić information content (AvgIpc) is 3.27. The molecule has 0 saturated heterocycles. The summed E-state index contributed by atoms with van der Waals surface area (Å²) in [6, 6.07) is 54.1. The van der Waals surface area contributed by atoms with Crippen LogP contribution in [0.3, 0.4) is 0 Å². The molecule has 202 valence electrons. The molecule has 0 heteroatoms. The minimum absolute atomic E-state index is 0.0738. The third-order valence-electron chi connectivity index (χ3n) is 9.82. The molecule has 0 amide bonds. The van der Waals surface area contributed by atoms with Crippen molar-refractivity contribution < 1.29 is 0 Å². The highest BCUT2D eigenvalue weighted by atomic mass is 14.4. The van der Waals surface area contributed by atoms with Crippen LogP contribution in [0.4, 0.5) is 0 Å². The van der Waals surface area contributed by atoms with Gasteiger partial charge in [0.05, 0.1) is 0 Å². The Bertz CT molecular complexity index is 2350. The lowest BCUT2D eigenvalue weighted by Gasteiger charge is -2.22. The minimum Gasteiger partial charge on any atom is -0.0622 e. The molecule has 8 aromatic carbocycles. The Morgan fingerprint density at radius 3 is 1.56 bits per heavy atom. The molecule has 0 unspecified atom stereocenters. The molecule has 0 fully saturated rings. The summed E-state index contributed by atoms with van der Waals surface area (Å²) in [7, 11) is 0. The normalized spacial score (nSPS) is 13.5. The van der Waals surface area contributed by atoms with Gasteiger partial charge in [-0.25, -0.2) is 0 Å². The zero-order chi connectivity index (χ0) is 28.7. The van der Waals surface area contributed by atoms with Crippen molar-refractivity contribution in [2.24, 2.45) is 0 Å². The molecule has 0 saturated carbocycles. The quantitative estimate of drug-likeness (QED) is 0.149. The van der Waals surface area contributed by atoms with Crippen molar-refractivity contribution in [3.63, 3.8) is 0 Å². The highest BCUT2D eigenvalue weighted by Gasteiger charge is 2.36. The molecule has 43 heavy (non-hydrogen) atoms. The Kier molecular flexibility index (Phi) is 5.05. The van der Waals surface area contributed by atoms with Crippen LogP contribution >= 0.6 is 0 Å². The minimum atomic E-state index is -0.0738. The Morgan fingerprint density at radius 2 is 0.884 bits per heavy atom. The molecule has 8 aromatic rings. The summed E-state index contributed by atoms with van der Waals surface area (Å²) in [4.78, 5) is 0. The summed E-state index contributed by atoms with van der Waals surface area (Å²) in [6.45, 7) is 4.77. The number of hydrogen-bond acceptors (Lipinski definition) is 0. The van der Waals surface area contributed by atoms with E-state index < -0.39 is 0 Å². The molecular formula is C43H30. The zero-order valence-corrected chi connectivity index (χ0v) is 24.4. The lowest BCUT2D eigenvalue weighted by Crippen LogP contribution is -2.14. The maximum Gasteiger partial charge on any atom is 0.0159 e. The van der Waals surface area contributed by atoms with Crippen molar-refractivity contribution in [2.45, 2.75) is 19.3 Å². The summed E-state index contributed by atoms with van der Waals surface area (Å²) in [6.07, 6.45) is 0. The van der Waals surface area contributed by atoms with Crippen LogP contribution in [0.2, 0.25) is 0 Å². The third-order valence-corrected chi connectivity index (χ3v) is 9.82. The van der Waals surface area contributed by atoms with Gasteiger partial charge < -0.3 is 0 Å². The van der Waals surface area contributed by atoms with E-state index >= 15 is 0 Å². The van der Waals surface area contributed by atoms with Gasteiger partial charge in [0.25, 0.3) is 0 Å². The first kappa shape index (κ1) is 24.4. The first-order chi connectivity index (χ1) is 21.1. The SMILES string of the molecule is CC1(C)c2ccc(-c3c4ccccc4c(-c4ccccc4)c4ccccc34)cc2-c2cc3ccc4ccccc4c3cc21. The van der Waals surface area contributed by atoms with Gasteiger partial charge in [-0.05, 0) is 106 Å². The van der Waals surface area contributed by atoms with Crippen LogP contribution in [-0.4, -0.2) is 0 Å². The molecular weight excluding hydrogens is 516 g/mol. The van der Waals surface area contributed by atoms with Gasteiger partial charge in [-0.1, -0.05) is 141 Å². The van der Waals surface area contributed by atoms with Gasteiger partial charge in [0.2, 0.25) is 0 Å². The van der Waals surface area contributed by atoms with Gasteiger partial charge in [0.15, 0.2) is 0 Å². The fourth-order valence-electron chi connectivity index (χ4n) is 7.76. The Hall–Kier alpha value is -5.20. The van der Waals surface area contributed by atoms with E-state index in [0.29, 0.717) is 0 Å². The van der Waals surface area contributed by atoms with E-state index in [2.05, 4.69) is 159 Å². The summed E-state index contributed by atoms with van der Waals surface area (Å²) < 4.78 is 0. The predicted octanol–water partition coefficient (Wildman–Crippen LogP) is 11.9. The van der Waals surface area contributed by atoms with Crippen LogP contribution < -0.4 is 0 Å². The van der Waals surface area contributed by atoms with Crippen LogP contribution in [-0.2, 0) is 5.41 Å². The van der Waals surface area contributed by atoms with Crippen molar-refractivity contribution >= 4 is 43.1 Å². The second kappa shape index (κ2) is 8.90. The Balaban J connectivity index is 1.33. The topological polar surface area (TPSA) is 0 Å². The Morgan fingerprint density at radius 1 is 0.349 bits per heavy atom. The maximum absolute atomic E-state index is 2.46. The standard InChI is InChI=1S/C43H30/c1-43(2)39-23-22-30(25-37(39)38-24-29-21-20-27-12-6-7-15-31(27)36(29)26-40(38)43)42-34-18-10-8-16-32(34)41(28-13-4-3-5-14-28)33-17-9-11-19-35(33)42/h3-26H,1-2H3. The molecule has 0 atom stereocenters. The summed E-state index contributed by atoms with van der Waals surface area (Å²) in [5, 5.41) is 10.4. The Labute approximate surface area is 251 Å².